The van der Waals surface area contributed by atoms with Crippen LogP contribution < -0.4 is 14.8 Å². The van der Waals surface area contributed by atoms with Crippen molar-refractivity contribution >= 4 is 17.7 Å². The van der Waals surface area contributed by atoms with Gasteiger partial charge in [-0.05, 0) is 44.2 Å². The van der Waals surface area contributed by atoms with Gasteiger partial charge in [-0.2, -0.15) is 0 Å². The number of methoxy groups -OCH3 is 1. The van der Waals surface area contributed by atoms with Crippen LogP contribution in [0.1, 0.15) is 56.1 Å². The molecule has 0 aliphatic carbocycles. The second-order valence-corrected chi connectivity index (χ2v) is 9.28. The molecule has 27 heavy (non-hydrogen) atoms. The van der Waals surface area contributed by atoms with Gasteiger partial charge in [0.05, 0.1) is 18.7 Å². The molecule has 1 amide bonds. The number of hydrogen-bond donors (Lipinski definition) is 1. The van der Waals surface area contributed by atoms with Gasteiger partial charge in [0.25, 0.3) is 5.91 Å². The molecule has 0 fully saturated rings. The van der Waals surface area contributed by atoms with Crippen LogP contribution in [0, 0.1) is 0 Å². The SMILES string of the molecule is COc1ccc2c(c1)C(NC(=O)c1ccccc1SC(C)C)CC(C)(C)O2. The van der Waals surface area contributed by atoms with Gasteiger partial charge in [-0.1, -0.05) is 26.0 Å². The van der Waals surface area contributed by atoms with Crippen molar-refractivity contribution in [2.45, 2.75) is 55.9 Å². The Morgan fingerprint density at radius 2 is 2.00 bits per heavy atom. The van der Waals surface area contributed by atoms with Gasteiger partial charge < -0.3 is 14.8 Å². The normalized spacial score (nSPS) is 17.8. The van der Waals surface area contributed by atoms with Crippen molar-refractivity contribution in [3.8, 4) is 11.5 Å². The Balaban J connectivity index is 1.90. The number of amides is 1. The van der Waals surface area contributed by atoms with E-state index in [1.165, 1.54) is 0 Å². The summed E-state index contributed by atoms with van der Waals surface area (Å²) in [6.45, 7) is 8.34. The third-order valence-corrected chi connectivity index (χ3v) is 5.56. The zero-order valence-electron chi connectivity index (χ0n) is 16.5. The molecule has 3 rings (SSSR count). The van der Waals surface area contributed by atoms with Crippen molar-refractivity contribution in [2.75, 3.05) is 7.11 Å². The number of fused-ring (bicyclic) bond motifs is 1. The first-order valence-corrected chi connectivity index (χ1v) is 10.1. The van der Waals surface area contributed by atoms with Gasteiger partial charge in [-0.15, -0.1) is 11.8 Å². The quantitative estimate of drug-likeness (QED) is 0.716. The minimum Gasteiger partial charge on any atom is -0.497 e. The predicted molar refractivity (Wildman–Crippen MR) is 110 cm³/mol. The van der Waals surface area contributed by atoms with Crippen LogP contribution in [0.4, 0.5) is 0 Å². The zero-order valence-corrected chi connectivity index (χ0v) is 17.4. The van der Waals surface area contributed by atoms with Crippen molar-refractivity contribution in [1.82, 2.24) is 5.32 Å². The molecule has 144 valence electrons. The lowest BCUT2D eigenvalue weighted by Gasteiger charge is -2.38. The van der Waals surface area contributed by atoms with Crippen LogP contribution in [-0.2, 0) is 0 Å². The summed E-state index contributed by atoms with van der Waals surface area (Å²) in [6.07, 6.45) is 0.693. The summed E-state index contributed by atoms with van der Waals surface area (Å²) < 4.78 is 11.5. The highest BCUT2D eigenvalue weighted by atomic mass is 32.2. The topological polar surface area (TPSA) is 47.6 Å². The van der Waals surface area contributed by atoms with Gasteiger partial charge in [0.15, 0.2) is 0 Å². The van der Waals surface area contributed by atoms with Crippen molar-refractivity contribution in [3.05, 3.63) is 53.6 Å². The highest BCUT2D eigenvalue weighted by Gasteiger charge is 2.35. The number of hydrogen-bond acceptors (Lipinski definition) is 4. The maximum Gasteiger partial charge on any atom is 0.252 e. The van der Waals surface area contributed by atoms with E-state index in [0.29, 0.717) is 17.2 Å². The predicted octanol–water partition coefficient (Wildman–Crippen LogP) is 5.23. The van der Waals surface area contributed by atoms with Gasteiger partial charge in [0, 0.05) is 22.1 Å². The molecule has 1 N–H and O–H groups in total. The second-order valence-electron chi connectivity index (χ2n) is 7.66. The average molecular weight is 386 g/mol. The Kier molecular flexibility index (Phi) is 5.70. The van der Waals surface area contributed by atoms with E-state index in [1.54, 1.807) is 18.9 Å². The molecule has 2 aromatic rings. The Hall–Kier alpha value is -2.14. The third-order valence-electron chi connectivity index (χ3n) is 4.47. The molecule has 1 atom stereocenters. The van der Waals surface area contributed by atoms with Crippen molar-refractivity contribution < 1.29 is 14.3 Å². The maximum absolute atomic E-state index is 13.1. The van der Waals surface area contributed by atoms with Crippen LogP contribution in [0.15, 0.2) is 47.4 Å². The smallest absolute Gasteiger partial charge is 0.252 e. The first-order chi connectivity index (χ1) is 12.8. The fourth-order valence-corrected chi connectivity index (χ4v) is 4.29. The number of ether oxygens (including phenoxy) is 2. The Bertz CT molecular complexity index is 832. The van der Waals surface area contributed by atoms with E-state index in [0.717, 1.165) is 22.0 Å². The lowest BCUT2D eigenvalue weighted by Crippen LogP contribution is -2.41. The number of carbonyl (C=O) groups excluding carboxylic acids is 1. The van der Waals surface area contributed by atoms with E-state index < -0.39 is 0 Å². The number of nitrogens with one attached hydrogen (secondary N) is 1. The maximum atomic E-state index is 13.1. The second kappa shape index (κ2) is 7.85. The number of carbonyl (C=O) groups is 1. The van der Waals surface area contributed by atoms with Crippen LogP contribution in [0.25, 0.3) is 0 Å². The van der Waals surface area contributed by atoms with Crippen LogP contribution in [0.3, 0.4) is 0 Å². The molecule has 0 radical (unpaired) electrons. The standard InChI is InChI=1S/C22H27NO3S/c1-14(2)27-20-9-7-6-8-16(20)21(24)23-18-13-22(3,4)26-19-11-10-15(25-5)12-17(18)19/h6-12,14,18H,13H2,1-5H3,(H,23,24). The van der Waals surface area contributed by atoms with E-state index in [2.05, 4.69) is 19.2 Å². The fraction of sp³-hybridized carbons (Fsp3) is 0.409. The van der Waals surface area contributed by atoms with Crippen molar-refractivity contribution in [3.63, 3.8) is 0 Å². The van der Waals surface area contributed by atoms with Gasteiger partial charge in [-0.3, -0.25) is 4.79 Å². The molecule has 0 bridgehead atoms. The molecular formula is C22H27NO3S. The molecule has 2 aromatic carbocycles. The largest absolute Gasteiger partial charge is 0.497 e. The van der Waals surface area contributed by atoms with Crippen LogP contribution >= 0.6 is 11.8 Å². The highest BCUT2D eigenvalue weighted by Crippen LogP contribution is 2.41. The molecule has 0 aromatic heterocycles. The number of thioether (sulfide) groups is 1. The van der Waals surface area contributed by atoms with Crippen LogP contribution in [0.2, 0.25) is 0 Å². The molecule has 5 heteroatoms. The summed E-state index contributed by atoms with van der Waals surface area (Å²) >= 11 is 1.70. The van der Waals surface area contributed by atoms with E-state index in [9.17, 15) is 4.79 Å². The van der Waals surface area contributed by atoms with Gasteiger partial charge in [0.2, 0.25) is 0 Å². The van der Waals surface area contributed by atoms with Crippen LogP contribution in [-0.4, -0.2) is 23.9 Å². The molecule has 0 spiro atoms. The Morgan fingerprint density at radius 3 is 2.70 bits per heavy atom. The fourth-order valence-electron chi connectivity index (χ4n) is 3.34. The molecule has 0 saturated heterocycles. The Morgan fingerprint density at radius 1 is 1.26 bits per heavy atom. The molecule has 4 nitrogen and oxygen atoms in total. The first-order valence-electron chi connectivity index (χ1n) is 9.22. The van der Waals surface area contributed by atoms with Gasteiger partial charge >= 0.3 is 0 Å². The first kappa shape index (κ1) is 19.6. The molecule has 1 aliphatic rings. The Labute approximate surface area is 165 Å². The average Bonchev–Trinajstić information content (AvgIpc) is 2.60. The monoisotopic (exact) mass is 385 g/mol. The van der Waals surface area contributed by atoms with E-state index in [4.69, 9.17) is 9.47 Å². The van der Waals surface area contributed by atoms with Gasteiger partial charge in [-0.25, -0.2) is 0 Å². The van der Waals surface area contributed by atoms with Crippen molar-refractivity contribution in [2.24, 2.45) is 0 Å². The van der Waals surface area contributed by atoms with Crippen LogP contribution in [0.5, 0.6) is 11.5 Å². The summed E-state index contributed by atoms with van der Waals surface area (Å²) in [4.78, 5) is 14.1. The molecule has 1 heterocycles. The minimum absolute atomic E-state index is 0.0600. The van der Waals surface area contributed by atoms with Gasteiger partial charge in [0.1, 0.15) is 17.1 Å². The number of benzene rings is 2. The summed E-state index contributed by atoms with van der Waals surface area (Å²) in [5.41, 5.74) is 1.31. The van der Waals surface area contributed by atoms with E-state index in [1.807, 2.05) is 56.3 Å². The summed E-state index contributed by atoms with van der Waals surface area (Å²) in [5, 5.41) is 3.63. The molecular weight excluding hydrogens is 358 g/mol. The zero-order chi connectivity index (χ0) is 19.6. The molecule has 0 saturated carbocycles. The summed E-state index contributed by atoms with van der Waals surface area (Å²) in [6, 6.07) is 13.4. The minimum atomic E-state index is -0.355. The lowest BCUT2D eigenvalue weighted by molar-refractivity contribution is 0.0617. The van der Waals surface area contributed by atoms with E-state index in [-0.39, 0.29) is 17.6 Å². The highest BCUT2D eigenvalue weighted by molar-refractivity contribution is 8.00. The number of rotatable bonds is 5. The summed E-state index contributed by atoms with van der Waals surface area (Å²) in [5.74, 6) is 1.49. The lowest BCUT2D eigenvalue weighted by atomic mass is 9.89. The van der Waals surface area contributed by atoms with Crippen molar-refractivity contribution in [1.29, 1.82) is 0 Å². The third kappa shape index (κ3) is 4.59. The summed E-state index contributed by atoms with van der Waals surface area (Å²) in [7, 11) is 1.64. The van der Waals surface area contributed by atoms with E-state index >= 15 is 0 Å². The molecule has 1 unspecified atom stereocenters. The molecule has 1 aliphatic heterocycles.